The molecule has 0 fully saturated rings. The maximum Gasteiger partial charge on any atom is 0.229 e. The van der Waals surface area contributed by atoms with Crippen molar-refractivity contribution in [2.45, 2.75) is 31.7 Å². The Balaban J connectivity index is 1.48. The summed E-state index contributed by atoms with van der Waals surface area (Å²) in [6, 6.07) is 7.82. The minimum Gasteiger partial charge on any atom is -0.375 e. The Morgan fingerprint density at radius 2 is 2.26 bits per heavy atom. The van der Waals surface area contributed by atoms with Gasteiger partial charge in [0.2, 0.25) is 5.91 Å². The number of benzene rings is 1. The molecule has 3 aromatic rings. The Hall–Kier alpha value is -2.41. The fraction of sp³-hybridized carbons (Fsp3) is 0.312. The Bertz CT molecular complexity index is 835. The Morgan fingerprint density at radius 1 is 1.39 bits per heavy atom. The summed E-state index contributed by atoms with van der Waals surface area (Å²) in [4.78, 5) is 25.7. The van der Waals surface area contributed by atoms with Crippen LogP contribution in [0.5, 0.6) is 0 Å². The van der Waals surface area contributed by atoms with Gasteiger partial charge in [-0.3, -0.25) is 4.79 Å². The van der Waals surface area contributed by atoms with Gasteiger partial charge in [-0.05, 0) is 31.4 Å². The standard InChI is InChI=1S/C16H17N5OS/c17-16-21-14-9(4-3-7-12(14)23-16)15(22)18-8-13-19-10-5-1-2-6-11(10)20-13/h1-2,5-6,9H,3-4,7-8H2,(H2,17,21)(H,18,22)(H,19,20). The number of para-hydroxylation sites is 2. The fourth-order valence-electron chi connectivity index (χ4n) is 3.08. The van der Waals surface area contributed by atoms with Crippen LogP contribution in [-0.4, -0.2) is 20.9 Å². The number of hydrogen-bond acceptors (Lipinski definition) is 5. The first kappa shape index (κ1) is 14.2. The highest BCUT2D eigenvalue weighted by Crippen LogP contribution is 2.35. The van der Waals surface area contributed by atoms with Crippen molar-refractivity contribution in [3.63, 3.8) is 0 Å². The van der Waals surface area contributed by atoms with E-state index in [2.05, 4.69) is 20.3 Å². The normalized spacial score (nSPS) is 17.1. The van der Waals surface area contributed by atoms with E-state index in [-0.39, 0.29) is 11.8 Å². The van der Waals surface area contributed by atoms with Crippen LogP contribution >= 0.6 is 11.3 Å². The van der Waals surface area contributed by atoms with Crippen molar-refractivity contribution in [2.75, 3.05) is 5.73 Å². The molecule has 6 nitrogen and oxygen atoms in total. The first-order chi connectivity index (χ1) is 11.2. The van der Waals surface area contributed by atoms with Gasteiger partial charge in [-0.25, -0.2) is 9.97 Å². The number of carbonyl (C=O) groups excluding carboxylic acids is 1. The number of carbonyl (C=O) groups is 1. The molecule has 0 spiro atoms. The summed E-state index contributed by atoms with van der Waals surface area (Å²) in [7, 11) is 0. The van der Waals surface area contributed by atoms with Crippen LogP contribution in [0.4, 0.5) is 5.13 Å². The lowest BCUT2D eigenvalue weighted by atomic mass is 9.90. The highest BCUT2D eigenvalue weighted by Gasteiger charge is 2.29. The SMILES string of the molecule is Nc1nc2c(s1)CCCC2C(=O)NCc1nc2ccccc2[nH]1. The second kappa shape index (κ2) is 5.66. The summed E-state index contributed by atoms with van der Waals surface area (Å²) in [6.45, 7) is 0.388. The van der Waals surface area contributed by atoms with Gasteiger partial charge in [0.1, 0.15) is 5.82 Å². The van der Waals surface area contributed by atoms with E-state index < -0.39 is 0 Å². The maximum absolute atomic E-state index is 12.5. The minimum atomic E-state index is -0.198. The van der Waals surface area contributed by atoms with Crippen molar-refractivity contribution in [1.29, 1.82) is 0 Å². The molecule has 1 unspecified atom stereocenters. The molecule has 0 radical (unpaired) electrons. The minimum absolute atomic E-state index is 0.00305. The number of nitrogen functional groups attached to an aromatic ring is 1. The lowest BCUT2D eigenvalue weighted by Crippen LogP contribution is -2.31. The summed E-state index contributed by atoms with van der Waals surface area (Å²) in [5, 5.41) is 3.52. The lowest BCUT2D eigenvalue weighted by molar-refractivity contribution is -0.123. The molecule has 1 aliphatic carbocycles. The predicted octanol–water partition coefficient (Wildman–Crippen LogP) is 2.34. The van der Waals surface area contributed by atoms with Crippen LogP contribution in [0.1, 0.15) is 35.2 Å². The van der Waals surface area contributed by atoms with Crippen molar-refractivity contribution < 1.29 is 4.79 Å². The number of hydrogen-bond donors (Lipinski definition) is 3. The quantitative estimate of drug-likeness (QED) is 0.688. The average Bonchev–Trinajstić information content (AvgIpc) is 3.13. The predicted molar refractivity (Wildman–Crippen MR) is 90.1 cm³/mol. The molecular formula is C16H17N5OS. The van der Waals surface area contributed by atoms with E-state index in [4.69, 9.17) is 5.73 Å². The second-order valence-electron chi connectivity index (χ2n) is 5.72. The van der Waals surface area contributed by atoms with Crippen LogP contribution in [0.15, 0.2) is 24.3 Å². The molecule has 1 aliphatic rings. The van der Waals surface area contributed by atoms with E-state index >= 15 is 0 Å². The highest BCUT2D eigenvalue weighted by atomic mass is 32.1. The number of nitrogens with zero attached hydrogens (tertiary/aromatic N) is 2. The molecule has 23 heavy (non-hydrogen) atoms. The van der Waals surface area contributed by atoms with Crippen molar-refractivity contribution >= 4 is 33.4 Å². The zero-order valence-electron chi connectivity index (χ0n) is 12.5. The van der Waals surface area contributed by atoms with E-state index in [1.807, 2.05) is 24.3 Å². The second-order valence-corrected chi connectivity index (χ2v) is 6.84. The smallest absolute Gasteiger partial charge is 0.229 e. The van der Waals surface area contributed by atoms with Gasteiger partial charge in [-0.15, -0.1) is 11.3 Å². The molecule has 118 valence electrons. The van der Waals surface area contributed by atoms with Crippen LogP contribution in [0.3, 0.4) is 0 Å². The van der Waals surface area contributed by atoms with Crippen LogP contribution in [0.2, 0.25) is 0 Å². The van der Waals surface area contributed by atoms with Crippen molar-refractivity contribution in [2.24, 2.45) is 0 Å². The van der Waals surface area contributed by atoms with E-state index in [9.17, 15) is 4.79 Å². The molecule has 0 saturated heterocycles. The summed E-state index contributed by atoms with van der Waals surface area (Å²) in [5.74, 6) is 0.557. The van der Waals surface area contributed by atoms with Gasteiger partial charge in [0.05, 0.1) is 29.2 Å². The van der Waals surface area contributed by atoms with Crippen LogP contribution in [0.25, 0.3) is 11.0 Å². The Labute approximate surface area is 137 Å². The van der Waals surface area contributed by atoms with Crippen molar-refractivity contribution in [1.82, 2.24) is 20.3 Å². The first-order valence-corrected chi connectivity index (χ1v) is 8.49. The van der Waals surface area contributed by atoms with E-state index in [1.165, 1.54) is 11.3 Å². The maximum atomic E-state index is 12.5. The molecule has 1 aromatic carbocycles. The van der Waals surface area contributed by atoms with Gasteiger partial charge < -0.3 is 16.0 Å². The molecule has 0 aliphatic heterocycles. The number of anilines is 1. The number of nitrogens with two attached hydrogens (primary N) is 1. The number of thiazole rings is 1. The van der Waals surface area contributed by atoms with Gasteiger partial charge in [-0.1, -0.05) is 12.1 Å². The number of aromatic amines is 1. The first-order valence-electron chi connectivity index (χ1n) is 7.67. The monoisotopic (exact) mass is 327 g/mol. The Morgan fingerprint density at radius 3 is 3.13 bits per heavy atom. The number of amides is 1. The highest BCUT2D eigenvalue weighted by molar-refractivity contribution is 7.15. The third-order valence-corrected chi connectivity index (χ3v) is 5.12. The molecule has 1 amide bonds. The van der Waals surface area contributed by atoms with Gasteiger partial charge in [0.15, 0.2) is 5.13 Å². The van der Waals surface area contributed by atoms with Crippen LogP contribution < -0.4 is 11.1 Å². The third kappa shape index (κ3) is 2.68. The van der Waals surface area contributed by atoms with E-state index in [0.717, 1.165) is 46.7 Å². The molecule has 7 heteroatoms. The van der Waals surface area contributed by atoms with Gasteiger partial charge in [0.25, 0.3) is 0 Å². The number of rotatable bonds is 3. The van der Waals surface area contributed by atoms with Gasteiger partial charge in [0, 0.05) is 4.88 Å². The van der Waals surface area contributed by atoms with Crippen molar-refractivity contribution in [3.05, 3.63) is 40.7 Å². The number of aromatic nitrogens is 3. The summed E-state index contributed by atoms with van der Waals surface area (Å²) < 4.78 is 0. The zero-order chi connectivity index (χ0) is 15.8. The van der Waals surface area contributed by atoms with E-state index in [0.29, 0.717) is 11.7 Å². The van der Waals surface area contributed by atoms with Gasteiger partial charge >= 0.3 is 0 Å². The number of H-pyrrole nitrogens is 1. The fourth-order valence-corrected chi connectivity index (χ4v) is 4.01. The van der Waals surface area contributed by atoms with E-state index in [1.54, 1.807) is 0 Å². The van der Waals surface area contributed by atoms with Crippen molar-refractivity contribution in [3.8, 4) is 0 Å². The van der Waals surface area contributed by atoms with Crippen LogP contribution in [-0.2, 0) is 17.8 Å². The topological polar surface area (TPSA) is 96.7 Å². The summed E-state index contributed by atoms with van der Waals surface area (Å²) in [6.07, 6.45) is 2.79. The summed E-state index contributed by atoms with van der Waals surface area (Å²) in [5.41, 5.74) is 8.53. The Kier molecular flexibility index (Phi) is 3.49. The molecule has 4 N–H and O–H groups in total. The number of aryl methyl sites for hydroxylation is 1. The van der Waals surface area contributed by atoms with Crippen LogP contribution in [0, 0.1) is 0 Å². The largest absolute Gasteiger partial charge is 0.375 e. The molecular weight excluding hydrogens is 310 g/mol. The third-order valence-electron chi connectivity index (χ3n) is 4.16. The van der Waals surface area contributed by atoms with Gasteiger partial charge in [-0.2, -0.15) is 0 Å². The number of nitrogens with one attached hydrogen (secondary N) is 2. The molecule has 2 aromatic heterocycles. The number of fused-ring (bicyclic) bond motifs is 2. The lowest BCUT2D eigenvalue weighted by Gasteiger charge is -2.20. The summed E-state index contributed by atoms with van der Waals surface area (Å²) >= 11 is 1.50. The molecule has 0 saturated carbocycles. The zero-order valence-corrected chi connectivity index (χ0v) is 13.3. The number of imidazole rings is 1. The average molecular weight is 327 g/mol. The molecule has 4 rings (SSSR count). The molecule has 1 atom stereocenters. The molecule has 0 bridgehead atoms. The molecule has 2 heterocycles.